The van der Waals surface area contributed by atoms with Crippen molar-refractivity contribution < 1.29 is 4.74 Å². The van der Waals surface area contributed by atoms with Gasteiger partial charge in [-0.05, 0) is 44.0 Å². The average Bonchev–Trinajstić information content (AvgIpc) is 3.11. The lowest BCUT2D eigenvalue weighted by molar-refractivity contribution is 0.131. The summed E-state index contributed by atoms with van der Waals surface area (Å²) >= 11 is 0. The number of aromatic nitrogens is 2. The van der Waals surface area contributed by atoms with Crippen molar-refractivity contribution in [2.45, 2.75) is 52.6 Å². The molecular formula is C25H31BN2O. The first-order valence-electron chi connectivity index (χ1n) is 10.2. The zero-order valence-electron chi connectivity index (χ0n) is 18.4. The molecule has 0 bridgehead atoms. The highest BCUT2D eigenvalue weighted by atomic mass is 16.5. The zero-order valence-corrected chi connectivity index (χ0v) is 18.4. The molecule has 150 valence electrons. The van der Waals surface area contributed by atoms with Gasteiger partial charge < -0.3 is 9.72 Å². The van der Waals surface area contributed by atoms with Gasteiger partial charge in [0.05, 0.1) is 5.72 Å². The average molecular weight is 386 g/mol. The van der Waals surface area contributed by atoms with Crippen LogP contribution < -0.4 is 10.5 Å². The number of benzene rings is 2. The molecule has 0 atom stereocenters. The third-order valence-corrected chi connectivity index (χ3v) is 4.58. The molecule has 0 saturated carbocycles. The fourth-order valence-corrected chi connectivity index (χ4v) is 3.09. The Morgan fingerprint density at radius 1 is 0.931 bits per heavy atom. The number of nitrogens with zero attached hydrogens (tertiary/aromatic N) is 1. The van der Waals surface area contributed by atoms with Crippen LogP contribution in [0.3, 0.4) is 0 Å². The van der Waals surface area contributed by atoms with Gasteiger partial charge in [-0.25, -0.2) is 0 Å². The SMILES string of the molecule is CC(C)(C)Oc1ccc(C=C(Bc2ncc(C(C)(C)C)[nH]2)c2ccccc2)cc1. The van der Waals surface area contributed by atoms with Crippen LogP contribution in [0.25, 0.3) is 11.5 Å². The van der Waals surface area contributed by atoms with Crippen molar-refractivity contribution in [2.75, 3.05) is 0 Å². The van der Waals surface area contributed by atoms with Crippen molar-refractivity contribution in [2.24, 2.45) is 0 Å². The molecule has 0 saturated heterocycles. The molecule has 1 aromatic heterocycles. The first-order valence-corrected chi connectivity index (χ1v) is 10.2. The second kappa shape index (κ2) is 8.32. The van der Waals surface area contributed by atoms with Gasteiger partial charge in [-0.15, -0.1) is 0 Å². The number of nitrogens with one attached hydrogen (secondary N) is 1. The quantitative estimate of drug-likeness (QED) is 0.487. The summed E-state index contributed by atoms with van der Waals surface area (Å²) in [6, 6.07) is 18.8. The molecule has 0 aliphatic carbocycles. The monoisotopic (exact) mass is 386 g/mol. The summed E-state index contributed by atoms with van der Waals surface area (Å²) in [4.78, 5) is 8.13. The fraction of sp³-hybridized carbons (Fsp3) is 0.320. The van der Waals surface area contributed by atoms with Crippen LogP contribution in [0.4, 0.5) is 0 Å². The lowest BCUT2D eigenvalue weighted by atomic mass is 9.65. The Kier molecular flexibility index (Phi) is 6.02. The highest BCUT2D eigenvalue weighted by Crippen LogP contribution is 2.22. The van der Waals surface area contributed by atoms with Crippen LogP contribution in [0.15, 0.2) is 60.8 Å². The van der Waals surface area contributed by atoms with Gasteiger partial charge in [-0.2, -0.15) is 0 Å². The van der Waals surface area contributed by atoms with Gasteiger partial charge >= 0.3 is 0 Å². The smallest absolute Gasteiger partial charge is 0.238 e. The van der Waals surface area contributed by atoms with Gasteiger partial charge in [-0.3, -0.25) is 4.98 Å². The molecule has 3 aromatic rings. The molecular weight excluding hydrogens is 355 g/mol. The summed E-state index contributed by atoms with van der Waals surface area (Å²) in [6.45, 7) is 12.8. The standard InChI is InChI=1S/C25H31BN2O/c1-24(2,3)22-17-27-23(28-22)26-21(19-10-8-7-9-11-19)16-18-12-14-20(15-13-18)29-25(4,5)6/h7-17,26H,1-6H3,(H,27,28). The summed E-state index contributed by atoms with van der Waals surface area (Å²) in [5.74, 6) is 0.886. The number of imidazole rings is 1. The molecule has 0 aliphatic heterocycles. The summed E-state index contributed by atoms with van der Waals surface area (Å²) in [5, 5.41) is 0. The lowest BCUT2D eigenvalue weighted by Crippen LogP contribution is -2.22. The topological polar surface area (TPSA) is 37.9 Å². The van der Waals surface area contributed by atoms with E-state index in [2.05, 4.69) is 94.0 Å². The molecule has 3 nitrogen and oxygen atoms in total. The van der Waals surface area contributed by atoms with Crippen molar-refractivity contribution in [3.63, 3.8) is 0 Å². The Balaban J connectivity index is 1.89. The van der Waals surface area contributed by atoms with E-state index >= 15 is 0 Å². The maximum atomic E-state index is 5.94. The maximum Gasteiger partial charge on any atom is 0.238 e. The van der Waals surface area contributed by atoms with Crippen LogP contribution in [0, 0.1) is 0 Å². The van der Waals surface area contributed by atoms with Gasteiger partial charge in [0, 0.05) is 17.3 Å². The van der Waals surface area contributed by atoms with E-state index in [1.54, 1.807) is 0 Å². The molecule has 3 rings (SSSR count). The Bertz CT molecular complexity index is 959. The van der Waals surface area contributed by atoms with Crippen molar-refractivity contribution >= 4 is 24.6 Å². The number of ether oxygens (including phenoxy) is 1. The van der Waals surface area contributed by atoms with E-state index in [4.69, 9.17) is 4.74 Å². The van der Waals surface area contributed by atoms with Crippen LogP contribution in [0.2, 0.25) is 0 Å². The number of hydrogen-bond donors (Lipinski definition) is 1. The van der Waals surface area contributed by atoms with Crippen molar-refractivity contribution in [1.29, 1.82) is 0 Å². The predicted octanol–water partition coefficient (Wildman–Crippen LogP) is 5.14. The molecule has 1 N–H and O–H groups in total. The van der Waals surface area contributed by atoms with E-state index in [0.717, 1.165) is 30.0 Å². The Morgan fingerprint density at radius 2 is 1.59 bits per heavy atom. The molecule has 0 radical (unpaired) electrons. The van der Waals surface area contributed by atoms with Crippen molar-refractivity contribution in [3.8, 4) is 5.75 Å². The van der Waals surface area contributed by atoms with Crippen LogP contribution >= 0.6 is 0 Å². The third-order valence-electron chi connectivity index (χ3n) is 4.58. The molecule has 1 heterocycles. The minimum Gasteiger partial charge on any atom is -0.488 e. The lowest BCUT2D eigenvalue weighted by Gasteiger charge is -2.21. The summed E-state index contributed by atoms with van der Waals surface area (Å²) < 4.78 is 5.94. The normalized spacial score (nSPS) is 12.7. The summed E-state index contributed by atoms with van der Waals surface area (Å²) in [5.41, 5.74) is 5.58. The largest absolute Gasteiger partial charge is 0.488 e. The Hall–Kier alpha value is -2.75. The third kappa shape index (κ3) is 6.12. The van der Waals surface area contributed by atoms with Crippen molar-refractivity contribution in [3.05, 3.63) is 77.6 Å². The van der Waals surface area contributed by atoms with E-state index in [9.17, 15) is 0 Å². The number of hydrogen-bond acceptors (Lipinski definition) is 2. The van der Waals surface area contributed by atoms with Crippen LogP contribution in [0.5, 0.6) is 5.75 Å². The van der Waals surface area contributed by atoms with Crippen LogP contribution in [-0.4, -0.2) is 22.8 Å². The molecule has 0 amide bonds. The number of aromatic amines is 1. The molecule has 2 aromatic carbocycles. The van der Waals surface area contributed by atoms with E-state index in [0.29, 0.717) is 0 Å². The second-order valence-corrected chi connectivity index (χ2v) is 9.49. The molecule has 29 heavy (non-hydrogen) atoms. The van der Waals surface area contributed by atoms with Crippen LogP contribution in [-0.2, 0) is 5.41 Å². The maximum absolute atomic E-state index is 5.94. The molecule has 4 heteroatoms. The minimum absolute atomic E-state index is 0.0603. The van der Waals surface area contributed by atoms with Crippen molar-refractivity contribution in [1.82, 2.24) is 9.97 Å². The summed E-state index contributed by atoms with van der Waals surface area (Å²) in [6.07, 6.45) is 4.19. The fourth-order valence-electron chi connectivity index (χ4n) is 3.09. The second-order valence-electron chi connectivity index (χ2n) is 9.49. The first-order chi connectivity index (χ1) is 13.6. The number of rotatable bonds is 5. The Labute approximate surface area is 175 Å². The van der Waals surface area contributed by atoms with E-state index in [1.165, 1.54) is 11.0 Å². The van der Waals surface area contributed by atoms with Crippen LogP contribution in [0.1, 0.15) is 58.4 Å². The van der Waals surface area contributed by atoms with Gasteiger partial charge in [0.15, 0.2) is 0 Å². The van der Waals surface area contributed by atoms with E-state index in [1.807, 2.05) is 24.4 Å². The van der Waals surface area contributed by atoms with Gasteiger partial charge in [0.1, 0.15) is 11.4 Å². The zero-order chi connectivity index (χ0) is 21.1. The highest BCUT2D eigenvalue weighted by Gasteiger charge is 2.18. The summed E-state index contributed by atoms with van der Waals surface area (Å²) in [7, 11) is 0.750. The molecule has 0 unspecified atom stereocenters. The molecule has 0 spiro atoms. The van der Waals surface area contributed by atoms with E-state index in [-0.39, 0.29) is 11.0 Å². The van der Waals surface area contributed by atoms with E-state index < -0.39 is 0 Å². The van der Waals surface area contributed by atoms with Gasteiger partial charge in [0.25, 0.3) is 0 Å². The minimum atomic E-state index is -0.198. The first kappa shape index (κ1) is 21.0. The molecule has 0 fully saturated rings. The Morgan fingerprint density at radius 3 is 2.14 bits per heavy atom. The molecule has 0 aliphatic rings. The van der Waals surface area contributed by atoms with Gasteiger partial charge in [-0.1, -0.05) is 74.8 Å². The highest BCUT2D eigenvalue weighted by molar-refractivity contribution is 6.73. The number of H-pyrrole nitrogens is 1. The van der Waals surface area contributed by atoms with Gasteiger partial charge in [0.2, 0.25) is 7.28 Å². The predicted molar refractivity (Wildman–Crippen MR) is 125 cm³/mol.